The fourth-order valence-corrected chi connectivity index (χ4v) is 3.47. The Morgan fingerprint density at radius 3 is 3.07 bits per heavy atom. The van der Waals surface area contributed by atoms with Gasteiger partial charge in [0, 0.05) is 31.4 Å². The minimum absolute atomic E-state index is 0.0459. The molecule has 1 aromatic carbocycles. The van der Waals surface area contributed by atoms with Crippen molar-refractivity contribution in [2.75, 3.05) is 11.9 Å². The van der Waals surface area contributed by atoms with E-state index in [4.69, 9.17) is 0 Å². The molecular weight excluding hydrogens is 346 g/mol. The highest BCUT2D eigenvalue weighted by atomic mass is 16.2. The molecule has 2 amide bonds. The van der Waals surface area contributed by atoms with E-state index in [-0.39, 0.29) is 11.7 Å². The molecule has 142 valence electrons. The Hall–Kier alpha value is -3.10. The lowest BCUT2D eigenvalue weighted by atomic mass is 10.1. The number of anilines is 1. The van der Waals surface area contributed by atoms with Crippen LogP contribution in [0.15, 0.2) is 23.1 Å². The average molecular weight is 369 g/mol. The maximum atomic E-state index is 12.3. The number of aromatic amines is 1. The molecule has 4 rings (SSSR count). The van der Waals surface area contributed by atoms with Crippen molar-refractivity contribution in [3.63, 3.8) is 0 Å². The SMILES string of the molecule is Cc1ccc(NC(=O)NCCCn2nc3n(c2=O)CCCC3)c2[nH]ncc12. The average Bonchev–Trinajstić information content (AvgIpc) is 3.28. The molecule has 3 N–H and O–H groups in total. The molecule has 3 heterocycles. The first-order chi connectivity index (χ1) is 13.1. The predicted molar refractivity (Wildman–Crippen MR) is 102 cm³/mol. The number of urea groups is 1. The molecule has 9 heteroatoms. The summed E-state index contributed by atoms with van der Waals surface area (Å²) >= 11 is 0. The van der Waals surface area contributed by atoms with Crippen LogP contribution in [0.5, 0.6) is 0 Å². The number of nitrogens with one attached hydrogen (secondary N) is 3. The Kier molecular flexibility index (Phi) is 4.66. The Morgan fingerprint density at radius 2 is 2.22 bits per heavy atom. The molecule has 0 atom stereocenters. The molecule has 9 nitrogen and oxygen atoms in total. The van der Waals surface area contributed by atoms with E-state index < -0.39 is 0 Å². The molecule has 0 bridgehead atoms. The number of aromatic nitrogens is 5. The molecule has 3 aromatic rings. The van der Waals surface area contributed by atoms with Crippen LogP contribution in [0.4, 0.5) is 10.5 Å². The molecule has 27 heavy (non-hydrogen) atoms. The number of fused-ring (bicyclic) bond motifs is 2. The quantitative estimate of drug-likeness (QED) is 0.596. The van der Waals surface area contributed by atoms with Gasteiger partial charge in [0.05, 0.1) is 17.4 Å². The van der Waals surface area contributed by atoms with Gasteiger partial charge in [0.2, 0.25) is 0 Å². The van der Waals surface area contributed by atoms with Crippen LogP contribution >= 0.6 is 0 Å². The summed E-state index contributed by atoms with van der Waals surface area (Å²) in [5.41, 5.74) is 2.54. The van der Waals surface area contributed by atoms with E-state index in [1.165, 1.54) is 4.68 Å². The lowest BCUT2D eigenvalue weighted by Crippen LogP contribution is -2.31. The largest absolute Gasteiger partial charge is 0.345 e. The standard InChI is InChI=1S/C18H23N7O2/c1-12-6-7-14(16-13(12)11-20-22-16)21-17(26)19-8-4-10-25-18(27)24-9-3-2-5-15(24)23-25/h6-7,11H,2-5,8-10H2,1H3,(H,20,22)(H2,19,21,26). The minimum Gasteiger partial charge on any atom is -0.338 e. The zero-order valence-electron chi connectivity index (χ0n) is 15.3. The molecule has 0 aliphatic carbocycles. The number of hydrogen-bond acceptors (Lipinski definition) is 4. The summed E-state index contributed by atoms with van der Waals surface area (Å²) in [5.74, 6) is 0.875. The van der Waals surface area contributed by atoms with Crippen molar-refractivity contribution in [3.05, 3.63) is 40.2 Å². The van der Waals surface area contributed by atoms with Gasteiger partial charge in [0.15, 0.2) is 0 Å². The van der Waals surface area contributed by atoms with Crippen LogP contribution in [0.1, 0.15) is 30.7 Å². The Labute approximate surface area is 155 Å². The molecule has 0 saturated heterocycles. The third-order valence-corrected chi connectivity index (χ3v) is 4.95. The highest BCUT2D eigenvalue weighted by Crippen LogP contribution is 2.23. The summed E-state index contributed by atoms with van der Waals surface area (Å²) in [6.07, 6.45) is 5.36. The molecule has 2 aromatic heterocycles. The predicted octanol–water partition coefficient (Wildman–Crippen LogP) is 1.78. The van der Waals surface area contributed by atoms with Crippen LogP contribution in [0.2, 0.25) is 0 Å². The summed E-state index contributed by atoms with van der Waals surface area (Å²) in [7, 11) is 0. The monoisotopic (exact) mass is 369 g/mol. The van der Waals surface area contributed by atoms with Gasteiger partial charge in [-0.15, -0.1) is 0 Å². The molecule has 1 aliphatic heterocycles. The molecular formula is C18H23N7O2. The fraction of sp³-hybridized carbons (Fsp3) is 0.444. The fourth-order valence-electron chi connectivity index (χ4n) is 3.47. The van der Waals surface area contributed by atoms with Crippen LogP contribution in [0.3, 0.4) is 0 Å². The van der Waals surface area contributed by atoms with E-state index in [0.29, 0.717) is 25.2 Å². The number of rotatable bonds is 5. The number of amides is 2. The lowest BCUT2D eigenvalue weighted by Gasteiger charge is -2.09. The van der Waals surface area contributed by atoms with Crippen molar-refractivity contribution in [2.45, 2.75) is 45.7 Å². The summed E-state index contributed by atoms with van der Waals surface area (Å²) in [4.78, 5) is 24.4. The van der Waals surface area contributed by atoms with Gasteiger partial charge in [-0.1, -0.05) is 6.07 Å². The second kappa shape index (κ2) is 7.26. The van der Waals surface area contributed by atoms with E-state index in [1.54, 1.807) is 10.8 Å². The van der Waals surface area contributed by atoms with Crippen molar-refractivity contribution < 1.29 is 4.79 Å². The molecule has 0 fully saturated rings. The van der Waals surface area contributed by atoms with Gasteiger partial charge in [0.1, 0.15) is 5.82 Å². The van der Waals surface area contributed by atoms with Crippen molar-refractivity contribution in [1.82, 2.24) is 29.9 Å². The van der Waals surface area contributed by atoms with E-state index in [2.05, 4.69) is 25.9 Å². The maximum Gasteiger partial charge on any atom is 0.345 e. The van der Waals surface area contributed by atoms with Crippen molar-refractivity contribution in [3.8, 4) is 0 Å². The zero-order valence-corrected chi connectivity index (χ0v) is 15.3. The molecule has 0 saturated carbocycles. The van der Waals surface area contributed by atoms with Crippen LogP contribution in [0, 0.1) is 6.92 Å². The number of aryl methyl sites for hydroxylation is 3. The van der Waals surface area contributed by atoms with E-state index in [9.17, 15) is 9.59 Å². The van der Waals surface area contributed by atoms with Gasteiger partial charge >= 0.3 is 11.7 Å². The molecule has 0 radical (unpaired) electrons. The van der Waals surface area contributed by atoms with E-state index >= 15 is 0 Å². The second-order valence-electron chi connectivity index (χ2n) is 6.85. The Balaban J connectivity index is 1.30. The van der Waals surface area contributed by atoms with Gasteiger partial charge < -0.3 is 10.6 Å². The number of benzene rings is 1. The van der Waals surface area contributed by atoms with Gasteiger partial charge in [-0.05, 0) is 37.8 Å². The summed E-state index contributed by atoms with van der Waals surface area (Å²) < 4.78 is 3.27. The molecule has 0 unspecified atom stereocenters. The van der Waals surface area contributed by atoms with Gasteiger partial charge in [-0.25, -0.2) is 14.3 Å². The van der Waals surface area contributed by atoms with Crippen molar-refractivity contribution in [1.29, 1.82) is 0 Å². The highest BCUT2D eigenvalue weighted by Gasteiger charge is 2.16. The van der Waals surface area contributed by atoms with Crippen molar-refractivity contribution in [2.24, 2.45) is 0 Å². The zero-order chi connectivity index (χ0) is 18.8. The third-order valence-electron chi connectivity index (χ3n) is 4.95. The number of carbonyl (C=O) groups is 1. The number of H-pyrrole nitrogens is 1. The smallest absolute Gasteiger partial charge is 0.338 e. The van der Waals surface area contributed by atoms with Gasteiger partial charge in [0.25, 0.3) is 0 Å². The van der Waals surface area contributed by atoms with Crippen LogP contribution in [0.25, 0.3) is 10.9 Å². The first kappa shape index (κ1) is 17.3. The Bertz CT molecular complexity index is 1030. The summed E-state index contributed by atoms with van der Waals surface area (Å²) in [6.45, 7) is 3.71. The first-order valence-corrected chi connectivity index (χ1v) is 9.27. The van der Waals surface area contributed by atoms with Crippen LogP contribution < -0.4 is 16.3 Å². The van der Waals surface area contributed by atoms with Gasteiger partial charge in [-0.2, -0.15) is 10.2 Å². The summed E-state index contributed by atoms with van der Waals surface area (Å²) in [6, 6.07) is 3.51. The normalized spacial score (nSPS) is 13.5. The lowest BCUT2D eigenvalue weighted by molar-refractivity contribution is 0.251. The van der Waals surface area contributed by atoms with Gasteiger partial charge in [-0.3, -0.25) is 9.67 Å². The van der Waals surface area contributed by atoms with Crippen LogP contribution in [-0.4, -0.2) is 37.1 Å². The third kappa shape index (κ3) is 3.44. The number of carbonyl (C=O) groups excluding carboxylic acids is 1. The summed E-state index contributed by atoms with van der Waals surface area (Å²) in [5, 5.41) is 18.0. The molecule has 1 aliphatic rings. The first-order valence-electron chi connectivity index (χ1n) is 9.27. The molecule has 0 spiro atoms. The topological polar surface area (TPSA) is 110 Å². The van der Waals surface area contributed by atoms with Crippen molar-refractivity contribution >= 4 is 22.6 Å². The van der Waals surface area contributed by atoms with E-state index in [0.717, 1.165) is 48.1 Å². The number of hydrogen-bond donors (Lipinski definition) is 3. The van der Waals surface area contributed by atoms with Crippen LogP contribution in [-0.2, 0) is 19.5 Å². The van der Waals surface area contributed by atoms with E-state index in [1.807, 2.05) is 19.1 Å². The second-order valence-corrected chi connectivity index (χ2v) is 6.85. The number of nitrogens with zero attached hydrogens (tertiary/aromatic N) is 4. The maximum absolute atomic E-state index is 12.3. The highest BCUT2D eigenvalue weighted by molar-refractivity contribution is 6.00. The Morgan fingerprint density at radius 1 is 1.33 bits per heavy atom. The minimum atomic E-state index is -0.286.